The van der Waals surface area contributed by atoms with Gasteiger partial charge in [-0.2, -0.15) is 0 Å². The Kier molecular flexibility index (Phi) is 6.22. The van der Waals surface area contributed by atoms with E-state index >= 15 is 0 Å². The Morgan fingerprint density at radius 3 is 2.51 bits per heavy atom. The third-order valence-corrected chi connectivity index (χ3v) is 5.72. The Morgan fingerprint density at radius 2 is 1.66 bits per heavy atom. The van der Waals surface area contributed by atoms with Gasteiger partial charge in [-0.15, -0.1) is 0 Å². The summed E-state index contributed by atoms with van der Waals surface area (Å²) in [6.07, 6.45) is 5.20. The van der Waals surface area contributed by atoms with Gasteiger partial charge in [0.25, 0.3) is 0 Å². The lowest BCUT2D eigenvalue weighted by Gasteiger charge is -2.14. The van der Waals surface area contributed by atoms with Crippen LogP contribution in [0.15, 0.2) is 85.3 Å². The van der Waals surface area contributed by atoms with Crippen LogP contribution in [0.3, 0.4) is 0 Å². The van der Waals surface area contributed by atoms with E-state index in [1.165, 1.54) is 5.56 Å². The number of anilines is 3. The molecule has 7 nitrogen and oxygen atoms in total. The number of hydrogen-bond donors (Lipinski definition) is 2. The van der Waals surface area contributed by atoms with Crippen LogP contribution in [0.25, 0.3) is 22.0 Å². The number of ether oxygens (including phenoxy) is 1. The van der Waals surface area contributed by atoms with Crippen LogP contribution in [0.2, 0.25) is 0 Å². The van der Waals surface area contributed by atoms with E-state index in [0.717, 1.165) is 33.5 Å². The molecule has 0 aliphatic carbocycles. The Balaban J connectivity index is 1.51. The Morgan fingerprint density at radius 1 is 0.800 bits per heavy atom. The topological polar surface area (TPSA) is 84.9 Å². The third-order valence-electron chi connectivity index (χ3n) is 5.72. The SMILES string of the molecule is CNc1nccc(-c2cccnc2Oc2cccc3c(Nc4cccc(C(C)C)c4)nccc23)n1. The molecule has 0 spiro atoms. The van der Waals surface area contributed by atoms with E-state index in [0.29, 0.717) is 23.5 Å². The molecule has 0 aliphatic heterocycles. The number of hydrogen-bond acceptors (Lipinski definition) is 7. The Labute approximate surface area is 204 Å². The van der Waals surface area contributed by atoms with Gasteiger partial charge in [0.05, 0.1) is 11.3 Å². The average molecular weight is 463 g/mol. The lowest BCUT2D eigenvalue weighted by atomic mass is 10.0. The Bertz CT molecular complexity index is 1480. The van der Waals surface area contributed by atoms with Gasteiger partial charge in [0.2, 0.25) is 11.8 Å². The van der Waals surface area contributed by atoms with E-state index in [9.17, 15) is 0 Å². The van der Waals surface area contributed by atoms with Crippen molar-refractivity contribution in [3.8, 4) is 22.9 Å². The molecule has 5 aromatic rings. The Hall–Kier alpha value is -4.52. The molecule has 2 aromatic carbocycles. The minimum atomic E-state index is 0.448. The second-order valence-corrected chi connectivity index (χ2v) is 8.39. The summed E-state index contributed by atoms with van der Waals surface area (Å²) in [6.45, 7) is 4.37. The smallest absolute Gasteiger partial charge is 0.228 e. The zero-order valence-electron chi connectivity index (χ0n) is 19.9. The van der Waals surface area contributed by atoms with Crippen LogP contribution >= 0.6 is 0 Å². The van der Waals surface area contributed by atoms with Crippen molar-refractivity contribution in [1.29, 1.82) is 0 Å². The van der Waals surface area contributed by atoms with Crippen LogP contribution in [-0.4, -0.2) is 27.0 Å². The second kappa shape index (κ2) is 9.77. The average Bonchev–Trinajstić information content (AvgIpc) is 2.90. The third kappa shape index (κ3) is 4.75. The predicted octanol–water partition coefficient (Wildman–Crippen LogP) is 6.79. The van der Waals surface area contributed by atoms with Gasteiger partial charge in [-0.3, -0.25) is 0 Å². The maximum atomic E-state index is 6.36. The van der Waals surface area contributed by atoms with Crippen LogP contribution in [0.5, 0.6) is 11.6 Å². The van der Waals surface area contributed by atoms with Gasteiger partial charge in [0.1, 0.15) is 11.6 Å². The predicted molar refractivity (Wildman–Crippen MR) is 140 cm³/mol. The molecular weight excluding hydrogens is 436 g/mol. The van der Waals surface area contributed by atoms with E-state index in [-0.39, 0.29) is 0 Å². The molecule has 2 N–H and O–H groups in total. The van der Waals surface area contributed by atoms with Crippen LogP contribution in [0, 0.1) is 0 Å². The molecule has 0 atom stereocenters. The number of fused-ring (bicyclic) bond motifs is 1. The largest absolute Gasteiger partial charge is 0.438 e. The van der Waals surface area contributed by atoms with Crippen molar-refractivity contribution in [2.45, 2.75) is 19.8 Å². The number of pyridine rings is 2. The summed E-state index contributed by atoms with van der Waals surface area (Å²) in [4.78, 5) is 17.8. The first-order chi connectivity index (χ1) is 17.1. The summed E-state index contributed by atoms with van der Waals surface area (Å²) in [5, 5.41) is 8.33. The number of rotatable bonds is 7. The second-order valence-electron chi connectivity index (χ2n) is 8.39. The fourth-order valence-electron chi connectivity index (χ4n) is 3.88. The lowest BCUT2D eigenvalue weighted by molar-refractivity contribution is 0.470. The van der Waals surface area contributed by atoms with Gasteiger partial charge in [0.15, 0.2) is 0 Å². The molecule has 174 valence electrons. The van der Waals surface area contributed by atoms with Crippen molar-refractivity contribution in [3.63, 3.8) is 0 Å². The standard InChI is InChI=1S/C28H26N6O/c1-18(2)19-7-4-8-20(17-19)33-26-22-9-5-11-25(21(22)12-15-30-26)35-27-23(10-6-14-31-27)24-13-16-32-28(29-3)34-24/h4-18H,1-3H3,(H,30,33)(H,29,32,34). The van der Waals surface area contributed by atoms with Crippen molar-refractivity contribution in [1.82, 2.24) is 19.9 Å². The maximum Gasteiger partial charge on any atom is 0.228 e. The first-order valence-corrected chi connectivity index (χ1v) is 11.5. The van der Waals surface area contributed by atoms with E-state index in [2.05, 4.69) is 62.6 Å². The fraction of sp³-hybridized carbons (Fsp3) is 0.143. The van der Waals surface area contributed by atoms with Gasteiger partial charge in [-0.1, -0.05) is 38.1 Å². The van der Waals surface area contributed by atoms with Gasteiger partial charge in [-0.25, -0.2) is 19.9 Å². The minimum Gasteiger partial charge on any atom is -0.438 e. The van der Waals surface area contributed by atoms with Crippen molar-refractivity contribution < 1.29 is 4.74 Å². The van der Waals surface area contributed by atoms with E-state index in [1.807, 2.05) is 48.5 Å². The highest BCUT2D eigenvalue weighted by Gasteiger charge is 2.14. The highest BCUT2D eigenvalue weighted by atomic mass is 16.5. The molecule has 35 heavy (non-hydrogen) atoms. The molecule has 7 heteroatoms. The lowest BCUT2D eigenvalue weighted by Crippen LogP contribution is -1.99. The van der Waals surface area contributed by atoms with Gasteiger partial charge >= 0.3 is 0 Å². The van der Waals surface area contributed by atoms with Gasteiger partial charge < -0.3 is 15.4 Å². The zero-order valence-corrected chi connectivity index (χ0v) is 19.9. The van der Waals surface area contributed by atoms with Crippen molar-refractivity contribution in [2.75, 3.05) is 17.7 Å². The molecule has 0 saturated carbocycles. The van der Waals surface area contributed by atoms with E-state index < -0.39 is 0 Å². The quantitative estimate of drug-likeness (QED) is 0.275. The molecular formula is C28H26N6O. The van der Waals surface area contributed by atoms with E-state index in [4.69, 9.17) is 4.74 Å². The number of benzene rings is 2. The summed E-state index contributed by atoms with van der Waals surface area (Å²) >= 11 is 0. The van der Waals surface area contributed by atoms with Crippen LogP contribution in [-0.2, 0) is 0 Å². The van der Waals surface area contributed by atoms with Crippen molar-refractivity contribution >= 4 is 28.2 Å². The summed E-state index contributed by atoms with van der Waals surface area (Å²) in [5.74, 6) is 2.91. The monoisotopic (exact) mass is 462 g/mol. The molecule has 0 saturated heterocycles. The normalized spacial score (nSPS) is 11.0. The molecule has 0 amide bonds. The highest BCUT2D eigenvalue weighted by molar-refractivity contribution is 5.97. The van der Waals surface area contributed by atoms with Crippen molar-refractivity contribution in [2.24, 2.45) is 0 Å². The first kappa shape index (κ1) is 22.3. The molecule has 3 aromatic heterocycles. The molecule has 0 fully saturated rings. The fourth-order valence-corrected chi connectivity index (χ4v) is 3.88. The molecule has 3 heterocycles. The zero-order chi connectivity index (χ0) is 24.2. The molecule has 0 bridgehead atoms. The summed E-state index contributed by atoms with van der Waals surface area (Å²) in [7, 11) is 1.79. The molecule has 0 radical (unpaired) electrons. The van der Waals surface area contributed by atoms with Crippen LogP contribution in [0.1, 0.15) is 25.3 Å². The van der Waals surface area contributed by atoms with Crippen LogP contribution < -0.4 is 15.4 Å². The van der Waals surface area contributed by atoms with E-state index in [1.54, 1.807) is 25.6 Å². The minimum absolute atomic E-state index is 0.448. The summed E-state index contributed by atoms with van der Waals surface area (Å²) < 4.78 is 6.36. The molecule has 0 aliphatic rings. The van der Waals surface area contributed by atoms with Crippen molar-refractivity contribution in [3.05, 3.63) is 90.9 Å². The number of nitrogens with zero attached hydrogens (tertiary/aromatic N) is 4. The summed E-state index contributed by atoms with van der Waals surface area (Å²) in [5.41, 5.74) is 3.77. The number of aromatic nitrogens is 4. The molecule has 0 unspecified atom stereocenters. The highest BCUT2D eigenvalue weighted by Crippen LogP contribution is 2.36. The summed E-state index contributed by atoms with van der Waals surface area (Å²) in [6, 6.07) is 21.9. The first-order valence-electron chi connectivity index (χ1n) is 11.5. The van der Waals surface area contributed by atoms with Gasteiger partial charge in [-0.05, 0) is 53.9 Å². The number of nitrogens with one attached hydrogen (secondary N) is 2. The van der Waals surface area contributed by atoms with Crippen LogP contribution in [0.4, 0.5) is 17.5 Å². The maximum absolute atomic E-state index is 6.36. The van der Waals surface area contributed by atoms with Gasteiger partial charge in [0, 0.05) is 42.1 Å². The molecule has 5 rings (SSSR count).